The van der Waals surface area contributed by atoms with E-state index in [1.807, 2.05) is 13.0 Å². The molecule has 2 rings (SSSR count). The van der Waals surface area contributed by atoms with E-state index in [-0.39, 0.29) is 5.41 Å². The second-order valence-corrected chi connectivity index (χ2v) is 6.08. The first-order valence-electron chi connectivity index (χ1n) is 6.72. The van der Waals surface area contributed by atoms with E-state index < -0.39 is 0 Å². The zero-order chi connectivity index (χ0) is 13.3. The first-order valence-corrected chi connectivity index (χ1v) is 6.72. The third kappa shape index (κ3) is 2.27. The molecule has 0 saturated carbocycles. The number of carbonyl (C=O) groups excluding carboxylic acids is 1. The van der Waals surface area contributed by atoms with Crippen LogP contribution < -0.4 is 0 Å². The van der Waals surface area contributed by atoms with Gasteiger partial charge in [-0.3, -0.25) is 4.79 Å². The lowest BCUT2D eigenvalue weighted by Crippen LogP contribution is -2.19. The molecule has 1 aliphatic rings. The Morgan fingerprint density at radius 3 is 2.50 bits per heavy atom. The highest BCUT2D eigenvalue weighted by Crippen LogP contribution is 2.45. The van der Waals surface area contributed by atoms with Gasteiger partial charge in [0, 0.05) is 5.56 Å². The third-order valence-electron chi connectivity index (χ3n) is 4.14. The van der Waals surface area contributed by atoms with Crippen LogP contribution >= 0.6 is 0 Å². The Balaban J connectivity index is 2.53. The molecular formula is C17H22O. The molecular weight excluding hydrogens is 220 g/mol. The molecule has 1 nitrogen and oxygen atoms in total. The molecule has 18 heavy (non-hydrogen) atoms. The Labute approximate surface area is 110 Å². The van der Waals surface area contributed by atoms with Crippen molar-refractivity contribution in [1.29, 1.82) is 0 Å². The van der Waals surface area contributed by atoms with Crippen LogP contribution in [0.1, 0.15) is 61.5 Å². The molecule has 1 aromatic rings. The predicted octanol–water partition coefficient (Wildman–Crippen LogP) is 4.79. The van der Waals surface area contributed by atoms with Gasteiger partial charge in [-0.05, 0) is 55.2 Å². The van der Waals surface area contributed by atoms with Crippen LogP contribution in [0.25, 0.3) is 5.57 Å². The topological polar surface area (TPSA) is 17.1 Å². The second-order valence-electron chi connectivity index (χ2n) is 6.08. The van der Waals surface area contributed by atoms with Crippen LogP contribution in [0.2, 0.25) is 0 Å². The normalized spacial score (nSPS) is 18.9. The monoisotopic (exact) mass is 242 g/mol. The zero-order valence-corrected chi connectivity index (χ0v) is 11.8. The van der Waals surface area contributed by atoms with E-state index in [1.165, 1.54) is 36.0 Å². The lowest BCUT2D eigenvalue weighted by molar-refractivity contribution is 0.112. The van der Waals surface area contributed by atoms with Crippen molar-refractivity contribution in [3.8, 4) is 0 Å². The van der Waals surface area contributed by atoms with Crippen molar-refractivity contribution >= 4 is 11.9 Å². The minimum Gasteiger partial charge on any atom is -0.298 e. The van der Waals surface area contributed by atoms with Gasteiger partial charge in [0.15, 0.2) is 0 Å². The molecule has 0 bridgehead atoms. The summed E-state index contributed by atoms with van der Waals surface area (Å²) in [7, 11) is 0. The number of hydrogen-bond donors (Lipinski definition) is 0. The molecule has 0 saturated heterocycles. The highest BCUT2D eigenvalue weighted by atomic mass is 16.1. The molecule has 0 N–H and O–H groups in total. The van der Waals surface area contributed by atoms with E-state index in [4.69, 9.17) is 0 Å². The molecule has 0 heterocycles. The number of carbonyl (C=O) groups is 1. The molecule has 0 aromatic heterocycles. The lowest BCUT2D eigenvalue weighted by atomic mass is 9.70. The minimum absolute atomic E-state index is 0.247. The lowest BCUT2D eigenvalue weighted by Gasteiger charge is -2.35. The summed E-state index contributed by atoms with van der Waals surface area (Å²) >= 11 is 0. The van der Waals surface area contributed by atoms with Gasteiger partial charge in [-0.25, -0.2) is 0 Å². The van der Waals surface area contributed by atoms with E-state index in [9.17, 15) is 4.79 Å². The van der Waals surface area contributed by atoms with Crippen LogP contribution in [0.3, 0.4) is 0 Å². The van der Waals surface area contributed by atoms with Crippen molar-refractivity contribution < 1.29 is 4.79 Å². The van der Waals surface area contributed by atoms with Crippen molar-refractivity contribution in [3.05, 3.63) is 40.5 Å². The van der Waals surface area contributed by atoms with E-state index in [0.717, 1.165) is 17.4 Å². The van der Waals surface area contributed by atoms with Crippen LogP contribution in [-0.4, -0.2) is 6.29 Å². The molecule has 96 valence electrons. The van der Waals surface area contributed by atoms with Crippen molar-refractivity contribution in [3.63, 3.8) is 0 Å². The first-order chi connectivity index (χ1) is 8.45. The summed E-state index contributed by atoms with van der Waals surface area (Å²) in [6, 6.07) is 6.21. The Morgan fingerprint density at radius 1 is 1.22 bits per heavy atom. The highest BCUT2D eigenvalue weighted by Gasteiger charge is 2.29. The van der Waals surface area contributed by atoms with Gasteiger partial charge in [0.2, 0.25) is 0 Å². The standard InChI is InChI=1S/C17H22O/c1-12-6-5-9-17(3,4)16(12)14-7-8-15(11-18)13(2)10-14/h7-8,10-11H,5-6,9H2,1-4H3. The van der Waals surface area contributed by atoms with Crippen molar-refractivity contribution in [2.75, 3.05) is 0 Å². The molecule has 0 amide bonds. The first kappa shape index (κ1) is 13.1. The average Bonchev–Trinajstić information content (AvgIpc) is 2.28. The van der Waals surface area contributed by atoms with Crippen molar-refractivity contribution in [1.82, 2.24) is 0 Å². The number of allylic oxidation sites excluding steroid dienone is 2. The van der Waals surface area contributed by atoms with Crippen LogP contribution in [-0.2, 0) is 0 Å². The largest absolute Gasteiger partial charge is 0.298 e. The summed E-state index contributed by atoms with van der Waals surface area (Å²) in [5.74, 6) is 0. The van der Waals surface area contributed by atoms with Crippen LogP contribution in [0.4, 0.5) is 0 Å². The van der Waals surface area contributed by atoms with Crippen molar-refractivity contribution in [2.45, 2.75) is 47.0 Å². The Bertz CT molecular complexity index is 506. The number of aldehydes is 1. The molecule has 0 radical (unpaired) electrons. The summed E-state index contributed by atoms with van der Waals surface area (Å²) in [5, 5.41) is 0. The van der Waals surface area contributed by atoms with Crippen LogP contribution in [0, 0.1) is 12.3 Å². The predicted molar refractivity (Wildman–Crippen MR) is 76.8 cm³/mol. The van der Waals surface area contributed by atoms with E-state index in [1.54, 1.807) is 0 Å². The summed E-state index contributed by atoms with van der Waals surface area (Å²) < 4.78 is 0. The minimum atomic E-state index is 0.247. The van der Waals surface area contributed by atoms with E-state index >= 15 is 0 Å². The van der Waals surface area contributed by atoms with Crippen molar-refractivity contribution in [2.24, 2.45) is 5.41 Å². The number of benzene rings is 1. The van der Waals surface area contributed by atoms with E-state index in [2.05, 4.69) is 32.9 Å². The third-order valence-corrected chi connectivity index (χ3v) is 4.14. The maximum atomic E-state index is 10.9. The van der Waals surface area contributed by atoms with E-state index in [0.29, 0.717) is 0 Å². The highest BCUT2D eigenvalue weighted by molar-refractivity contribution is 5.80. The molecule has 1 aliphatic carbocycles. The molecule has 1 heteroatoms. The zero-order valence-electron chi connectivity index (χ0n) is 11.8. The fourth-order valence-electron chi connectivity index (χ4n) is 3.22. The summed E-state index contributed by atoms with van der Waals surface area (Å²) in [6.45, 7) is 8.92. The number of aryl methyl sites for hydroxylation is 1. The van der Waals surface area contributed by atoms with Gasteiger partial charge in [-0.2, -0.15) is 0 Å². The van der Waals surface area contributed by atoms with Gasteiger partial charge in [0.1, 0.15) is 6.29 Å². The van der Waals surface area contributed by atoms with Gasteiger partial charge in [-0.1, -0.05) is 37.6 Å². The number of rotatable bonds is 2. The summed E-state index contributed by atoms with van der Waals surface area (Å²) in [5.41, 5.74) is 6.39. The molecule has 0 aliphatic heterocycles. The summed E-state index contributed by atoms with van der Waals surface area (Å²) in [4.78, 5) is 10.9. The average molecular weight is 242 g/mol. The fourth-order valence-corrected chi connectivity index (χ4v) is 3.22. The van der Waals surface area contributed by atoms with Gasteiger partial charge < -0.3 is 0 Å². The Morgan fingerprint density at radius 2 is 1.94 bits per heavy atom. The Kier molecular flexibility index (Phi) is 3.43. The summed E-state index contributed by atoms with van der Waals surface area (Å²) in [6.07, 6.45) is 4.67. The maximum absolute atomic E-state index is 10.9. The number of hydrogen-bond acceptors (Lipinski definition) is 1. The fraction of sp³-hybridized carbons (Fsp3) is 0.471. The van der Waals surface area contributed by atoms with Gasteiger partial charge in [0.05, 0.1) is 0 Å². The molecule has 0 fully saturated rings. The quantitative estimate of drug-likeness (QED) is 0.681. The molecule has 1 aromatic carbocycles. The smallest absolute Gasteiger partial charge is 0.150 e. The Hall–Kier alpha value is -1.37. The molecule has 0 spiro atoms. The van der Waals surface area contributed by atoms with Gasteiger partial charge in [-0.15, -0.1) is 0 Å². The molecule has 0 unspecified atom stereocenters. The SMILES string of the molecule is CC1=C(c2ccc(C=O)c(C)c2)C(C)(C)CCC1. The van der Waals surface area contributed by atoms with Gasteiger partial charge >= 0.3 is 0 Å². The molecule has 0 atom stereocenters. The maximum Gasteiger partial charge on any atom is 0.150 e. The van der Waals surface area contributed by atoms with Gasteiger partial charge in [0.25, 0.3) is 0 Å². The van der Waals surface area contributed by atoms with Crippen LogP contribution in [0.5, 0.6) is 0 Å². The van der Waals surface area contributed by atoms with Crippen LogP contribution in [0.15, 0.2) is 23.8 Å². The second kappa shape index (κ2) is 4.72.